The second-order valence-electron chi connectivity index (χ2n) is 41.7. The molecule has 47 heteroatoms. The van der Waals surface area contributed by atoms with E-state index in [1.54, 1.807) is 114 Å². The number of hydrogen-bond acceptors (Lipinski definition) is 20. The molecule has 20 rings (SSSR count). The Morgan fingerprint density at radius 2 is 0.740 bits per heavy atom. The van der Waals surface area contributed by atoms with Gasteiger partial charge in [-0.05, 0) is 226 Å². The highest BCUT2D eigenvalue weighted by Gasteiger charge is 2.68. The van der Waals surface area contributed by atoms with Gasteiger partial charge in [0, 0.05) is 155 Å². The van der Waals surface area contributed by atoms with Gasteiger partial charge in [0.15, 0.2) is 9.84 Å². The van der Waals surface area contributed by atoms with Crippen molar-refractivity contribution in [3.05, 3.63) is 216 Å². The number of alkyl halides is 7. The molecular formula is C103H106Cl4F7N17O17S2. The molecule has 9 aromatic rings. The highest BCUT2D eigenvalue weighted by atomic mass is 35.5. The summed E-state index contributed by atoms with van der Waals surface area (Å²) in [5.41, 5.74) is 4.55. The van der Waals surface area contributed by atoms with Crippen LogP contribution in [-0.4, -0.2) is 220 Å². The lowest BCUT2D eigenvalue weighted by molar-refractivity contribution is -0.181. The third-order valence-electron chi connectivity index (χ3n) is 29.9. The Morgan fingerprint density at radius 1 is 0.420 bits per heavy atom. The van der Waals surface area contributed by atoms with Crippen LogP contribution in [0.1, 0.15) is 247 Å². The Kier molecular flexibility index (Phi) is 28.6. The van der Waals surface area contributed by atoms with E-state index in [1.807, 2.05) is 52.2 Å². The zero-order valence-electron chi connectivity index (χ0n) is 83.3. The van der Waals surface area contributed by atoms with Crippen molar-refractivity contribution in [1.82, 2.24) is 64.8 Å². The number of Topliss-reactive ketones (excluding diaryl/α,β-unsaturated/α-hetero) is 4. The molecule has 4 aliphatic carbocycles. The number of fused-ring (bicyclic) bond motifs is 4. The van der Waals surface area contributed by atoms with Crippen molar-refractivity contribution in [3.8, 4) is 0 Å². The number of hydrogen-bond donors (Lipinski definition) is 9. The van der Waals surface area contributed by atoms with E-state index in [2.05, 4.69) is 58.0 Å². The van der Waals surface area contributed by atoms with Gasteiger partial charge in [-0.25, -0.2) is 39.2 Å². The first kappa shape index (κ1) is 108. The van der Waals surface area contributed by atoms with Gasteiger partial charge in [-0.15, -0.1) is 21.5 Å². The molecule has 0 bridgehead atoms. The predicted octanol–water partition coefficient (Wildman–Crippen LogP) is 14.0. The lowest BCUT2D eigenvalue weighted by Gasteiger charge is -2.58. The Morgan fingerprint density at radius 3 is 1.05 bits per heavy atom. The maximum absolute atomic E-state index is 14.1. The van der Waals surface area contributed by atoms with Crippen LogP contribution in [-0.2, 0) is 99.8 Å². The van der Waals surface area contributed by atoms with Gasteiger partial charge in [-0.3, -0.25) is 71.9 Å². The van der Waals surface area contributed by atoms with Gasteiger partial charge < -0.3 is 75.9 Å². The maximum atomic E-state index is 14.1. The molecule has 150 heavy (non-hydrogen) atoms. The summed E-state index contributed by atoms with van der Waals surface area (Å²) in [4.78, 5) is 200. The van der Waals surface area contributed by atoms with Gasteiger partial charge >= 0.3 is 0 Å². The molecule has 3 saturated heterocycles. The van der Waals surface area contributed by atoms with Crippen LogP contribution >= 0.6 is 57.7 Å². The van der Waals surface area contributed by atoms with Crippen LogP contribution in [0.5, 0.6) is 0 Å². The van der Waals surface area contributed by atoms with Gasteiger partial charge in [0.05, 0.1) is 52.4 Å². The van der Waals surface area contributed by atoms with Gasteiger partial charge in [0.25, 0.3) is 88.2 Å². The standard InChI is InChI=1S/C28H29ClF2N4O6S.C26H26ClF3N4O4.C26H29ClF2N4O4.C23H22ClN5O3S/c1-15-5-6-17(8-18(15)29)32-23(37)21-16(2)20(19-4-3-7-35(19)21)22(36)24(38)33-27(9-28(30,31)10-27)25(39)34-11-26(12-34)13-42(40,41)14-26;1-13-5-6-16(8-17(13)27)31-22(36)20-14(2)19(18-4-3-7-34(18)20)21(35)23(37)32-25(11-26(29,30)12-25)24(38)33-9-15(28)10-33;1-13-6-7-15(10-16(13)27)31-21(35)19-14(2)18(17-8-9-24(3,4)33(17)19)20(34)22(36)32-25(23(37)30-5)11-26(28,29)12-25;1-12-5-6-14(10-15(12)24)26-20(31)18-13(2)17(16-4-3-9-29(16)18)19(30)21(32)27-23(7-8-23)22-28-25-11-33-22/h5-6,8H,3-4,7,9-14H2,1-2H3,(H,32,37)(H,33,38);5-6,8,15H,3-4,7,9-12H2,1-2H3,(H,31,36)(H,32,37);6-7,10H,8-9,11-12H2,1-5H3,(H,30,37)(H,31,35)(H,32,36);5-6,10-11H,3-4,7-9H2,1-2H3,(H,26,31)(H,27,32). The quantitative estimate of drug-likeness (QED) is 0.0154. The number of aromatic nitrogens is 6. The number of likely N-dealkylation sites (tertiary alicyclic amines) is 2. The van der Waals surface area contributed by atoms with E-state index in [0.29, 0.717) is 152 Å². The van der Waals surface area contributed by atoms with E-state index >= 15 is 0 Å². The van der Waals surface area contributed by atoms with Crippen LogP contribution in [0.15, 0.2) is 78.3 Å². The summed E-state index contributed by atoms with van der Waals surface area (Å²) >= 11 is 26.1. The van der Waals surface area contributed by atoms with Crippen molar-refractivity contribution in [2.75, 3.05) is 66.0 Å². The Labute approximate surface area is 879 Å². The second-order valence-corrected chi connectivity index (χ2v) is 46.2. The van der Waals surface area contributed by atoms with Crippen molar-refractivity contribution in [2.45, 2.75) is 243 Å². The van der Waals surface area contributed by atoms with E-state index in [0.717, 1.165) is 52.1 Å². The van der Waals surface area contributed by atoms with E-state index in [9.17, 15) is 111 Å². The number of anilines is 4. The molecular weight excluding hydrogens is 2090 g/mol. The summed E-state index contributed by atoms with van der Waals surface area (Å²) in [5.74, 6) is -21.7. The van der Waals surface area contributed by atoms with Crippen molar-refractivity contribution >= 4 is 178 Å². The molecule has 9 N–H and O–H groups in total. The van der Waals surface area contributed by atoms with Crippen LogP contribution in [0.4, 0.5) is 53.5 Å². The number of nitrogens with one attached hydrogen (secondary N) is 9. The van der Waals surface area contributed by atoms with E-state index in [4.69, 9.17) is 46.4 Å². The predicted molar refractivity (Wildman–Crippen MR) is 541 cm³/mol. The molecule has 34 nitrogen and oxygen atoms in total. The summed E-state index contributed by atoms with van der Waals surface area (Å²) in [6.07, 6.45) is -0.805. The van der Waals surface area contributed by atoms with Crippen molar-refractivity contribution < 1.29 is 111 Å². The van der Waals surface area contributed by atoms with Crippen LogP contribution in [0.25, 0.3) is 0 Å². The minimum atomic E-state index is -3.20. The van der Waals surface area contributed by atoms with Crippen LogP contribution in [0.2, 0.25) is 20.1 Å². The fourth-order valence-electron chi connectivity index (χ4n) is 22.4. The Hall–Kier alpha value is -13.0. The maximum Gasteiger partial charge on any atom is 0.293 e. The largest absolute Gasteiger partial charge is 0.357 e. The average Bonchev–Trinajstić information content (AvgIpc) is 0.856. The first-order valence-corrected chi connectivity index (χ1v) is 52.7. The van der Waals surface area contributed by atoms with E-state index in [1.165, 1.54) is 23.3 Å². The number of likely N-dealkylation sites (N-methyl/N-ethyl adjacent to an activating group) is 1. The number of carbonyl (C=O) groups is 15. The van der Waals surface area contributed by atoms with Crippen molar-refractivity contribution in [3.63, 3.8) is 0 Å². The molecule has 4 saturated carbocycles. The van der Waals surface area contributed by atoms with Crippen LogP contribution < -0.4 is 47.9 Å². The third kappa shape index (κ3) is 20.4. The minimum absolute atomic E-state index is 0.0216. The van der Waals surface area contributed by atoms with Gasteiger partial charge in [0.2, 0.25) is 17.7 Å². The Bertz CT molecular complexity index is 7400. The number of ketones is 4. The smallest absolute Gasteiger partial charge is 0.293 e. The summed E-state index contributed by atoms with van der Waals surface area (Å²) in [7, 11) is -1.88. The van der Waals surface area contributed by atoms with Crippen molar-refractivity contribution in [1.29, 1.82) is 0 Å². The molecule has 7 fully saturated rings. The Balaban J connectivity index is 0.000000137. The summed E-state index contributed by atoms with van der Waals surface area (Å²) in [5, 5.41) is 33.8. The number of rotatable bonds is 24. The normalized spacial score (nSPS) is 19.0. The van der Waals surface area contributed by atoms with Crippen LogP contribution in [0.3, 0.4) is 0 Å². The molecule has 5 aromatic heterocycles. The molecule has 11 amide bonds. The molecule has 0 radical (unpaired) electrons. The topological polar surface area (TPSA) is 450 Å². The SMILES string of the molecule is CNC(=O)C1(NC(=O)C(=O)c2c(C)c(C(=O)Nc3ccc(C)c(Cl)c3)n3c2CCC3(C)C)CC(F)(F)C1.Cc1ccc(NC(=O)c2c(C)c(C(=O)C(=O)NC3(C(=O)N4CC(F)C4)CC(F)(F)C3)c3n2CCC3)cc1Cl.Cc1ccc(NC(=O)c2c(C)c(C(=O)C(=O)NC3(C(=O)N4CC5(C4)CS(=O)(=O)C5)CC(F)(F)C3)c3n2CCC3)cc1Cl.Cc1ccc(NC(=O)c2c(C)c(C(=O)C(=O)NC3(c4nncs4)CC3)c3n2CCC3)cc1Cl. The van der Waals surface area contributed by atoms with Gasteiger partial charge in [-0.1, -0.05) is 70.7 Å². The molecule has 0 unspecified atom stereocenters. The molecule has 11 aliphatic rings. The first-order valence-electron chi connectivity index (χ1n) is 48.5. The molecule has 0 atom stereocenters. The first-order chi connectivity index (χ1) is 70.3. The van der Waals surface area contributed by atoms with E-state index < -0.39 is 188 Å². The molecule has 4 aromatic carbocycles. The molecule has 7 aliphatic heterocycles. The molecule has 1 spiro atoms. The zero-order chi connectivity index (χ0) is 109. The summed E-state index contributed by atoms with van der Waals surface area (Å²) in [6.45, 7) is 18.8. The minimum Gasteiger partial charge on any atom is -0.357 e. The number of aryl methyl sites for hydroxylation is 4. The second kappa shape index (κ2) is 39.7. The van der Waals surface area contributed by atoms with Gasteiger partial charge in [0.1, 0.15) is 56.1 Å². The summed E-state index contributed by atoms with van der Waals surface area (Å²) in [6, 6.07) is 20.5. The summed E-state index contributed by atoms with van der Waals surface area (Å²) < 4.78 is 127. The lowest BCUT2D eigenvalue weighted by atomic mass is 9.70. The van der Waals surface area contributed by atoms with Crippen molar-refractivity contribution in [2.24, 2.45) is 5.41 Å². The number of benzene rings is 4. The van der Waals surface area contributed by atoms with Gasteiger partial charge in [-0.2, -0.15) is 0 Å². The number of nitrogens with zero attached hydrogens (tertiary/aromatic N) is 8. The molecule has 12 heterocycles. The third-order valence-corrected chi connectivity index (χ3v) is 34.6. The molecule has 794 valence electrons. The van der Waals surface area contributed by atoms with Crippen LogP contribution in [0, 0.1) is 60.8 Å². The highest BCUT2D eigenvalue weighted by molar-refractivity contribution is 7.92. The van der Waals surface area contributed by atoms with E-state index in [-0.39, 0.29) is 88.5 Å². The number of carbonyl (C=O) groups excluding carboxylic acids is 15. The average molecular weight is 2190 g/mol. The number of halogens is 11. The number of amides is 11. The number of sulfone groups is 1. The fourth-order valence-corrected chi connectivity index (χ4v) is 26.0. The highest BCUT2D eigenvalue weighted by Crippen LogP contribution is 2.53. The monoisotopic (exact) mass is 2190 g/mol. The fraction of sp³-hybridized carbons (Fsp3) is 0.447. The zero-order valence-corrected chi connectivity index (χ0v) is 87.9. The lowest BCUT2D eigenvalue weighted by Crippen LogP contribution is -2.76.